The van der Waals surface area contributed by atoms with E-state index in [9.17, 15) is 9.18 Å². The summed E-state index contributed by atoms with van der Waals surface area (Å²) in [5.74, 6) is 1.03. The van der Waals surface area contributed by atoms with Crippen LogP contribution in [0.2, 0.25) is 5.02 Å². The number of piperazine rings is 1. The van der Waals surface area contributed by atoms with Crippen molar-refractivity contribution in [2.24, 2.45) is 13.0 Å². The normalized spacial score (nSPS) is 18.3. The lowest BCUT2D eigenvalue weighted by molar-refractivity contribution is -0.137. The summed E-state index contributed by atoms with van der Waals surface area (Å²) in [4.78, 5) is 24.5. The van der Waals surface area contributed by atoms with Gasteiger partial charge in [0.25, 0.3) is 0 Å². The van der Waals surface area contributed by atoms with Gasteiger partial charge >= 0.3 is 0 Å². The van der Waals surface area contributed by atoms with Crippen LogP contribution in [0.3, 0.4) is 0 Å². The molecule has 33 heavy (non-hydrogen) atoms. The lowest BCUT2D eigenvalue weighted by Crippen LogP contribution is -2.51. The maximum Gasteiger partial charge on any atom is 0.225 e. The number of piperidine rings is 1. The van der Waals surface area contributed by atoms with Crippen LogP contribution in [0.25, 0.3) is 11.0 Å². The summed E-state index contributed by atoms with van der Waals surface area (Å²) < 4.78 is 15.6. The van der Waals surface area contributed by atoms with E-state index in [1.165, 1.54) is 6.07 Å². The van der Waals surface area contributed by atoms with E-state index in [1.807, 2.05) is 23.1 Å². The van der Waals surface area contributed by atoms with Gasteiger partial charge in [0, 0.05) is 44.8 Å². The first-order valence-corrected chi connectivity index (χ1v) is 12.0. The number of hydrogen-bond donors (Lipinski definition) is 0. The van der Waals surface area contributed by atoms with Gasteiger partial charge in [0.15, 0.2) is 0 Å². The predicted octanol–water partition coefficient (Wildman–Crippen LogP) is 3.93. The van der Waals surface area contributed by atoms with Crippen molar-refractivity contribution in [1.29, 1.82) is 0 Å². The molecule has 1 amide bonds. The first kappa shape index (κ1) is 22.2. The van der Waals surface area contributed by atoms with Crippen molar-refractivity contribution in [1.82, 2.24) is 19.4 Å². The van der Waals surface area contributed by atoms with Crippen LogP contribution in [0, 0.1) is 11.7 Å². The number of anilines is 1. The zero-order valence-corrected chi connectivity index (χ0v) is 19.6. The number of aromatic nitrogens is 2. The lowest BCUT2D eigenvalue weighted by atomic mass is 9.95. The SMILES string of the molecule is Cn1c(CN2CCC(C(=O)N3CCN(c4ccc(F)c(Cl)c4)CC3)CC2)nc2ccccc21. The molecule has 2 fully saturated rings. The summed E-state index contributed by atoms with van der Waals surface area (Å²) in [7, 11) is 2.07. The Kier molecular flexibility index (Phi) is 6.25. The van der Waals surface area contributed by atoms with Gasteiger partial charge in [-0.15, -0.1) is 0 Å². The topological polar surface area (TPSA) is 44.6 Å². The van der Waals surface area contributed by atoms with E-state index in [4.69, 9.17) is 16.6 Å². The number of benzene rings is 2. The Labute approximate surface area is 198 Å². The third kappa shape index (κ3) is 4.57. The summed E-state index contributed by atoms with van der Waals surface area (Å²) >= 11 is 5.93. The number of para-hydroxylation sites is 2. The van der Waals surface area contributed by atoms with Crippen molar-refractivity contribution in [3.8, 4) is 0 Å². The number of aryl methyl sites for hydroxylation is 1. The minimum Gasteiger partial charge on any atom is -0.368 e. The number of imidazole rings is 1. The molecule has 3 aromatic rings. The highest BCUT2D eigenvalue weighted by atomic mass is 35.5. The standard InChI is InChI=1S/C25H29ClFN5O/c1-29-23-5-3-2-4-22(23)28-24(29)17-30-10-8-18(9-11-30)25(33)32-14-12-31(13-15-32)19-6-7-21(27)20(26)16-19/h2-7,16,18H,8-15,17H2,1H3. The number of halogens is 2. The van der Waals surface area contributed by atoms with Crippen LogP contribution < -0.4 is 4.90 Å². The van der Waals surface area contributed by atoms with Gasteiger partial charge in [-0.3, -0.25) is 9.69 Å². The van der Waals surface area contributed by atoms with Crippen LogP contribution >= 0.6 is 11.6 Å². The fourth-order valence-corrected chi connectivity index (χ4v) is 5.17. The van der Waals surface area contributed by atoms with Gasteiger partial charge in [0.1, 0.15) is 11.6 Å². The zero-order valence-electron chi connectivity index (χ0n) is 18.9. The van der Waals surface area contributed by atoms with Gasteiger partial charge in [-0.05, 0) is 56.3 Å². The highest BCUT2D eigenvalue weighted by Gasteiger charge is 2.31. The lowest BCUT2D eigenvalue weighted by Gasteiger charge is -2.39. The number of likely N-dealkylation sites (tertiary alicyclic amines) is 1. The Morgan fingerprint density at radius 2 is 1.79 bits per heavy atom. The van der Waals surface area contributed by atoms with Crippen molar-refractivity contribution in [3.05, 3.63) is 59.1 Å². The number of amides is 1. The van der Waals surface area contributed by atoms with Crippen molar-refractivity contribution in [2.75, 3.05) is 44.2 Å². The van der Waals surface area contributed by atoms with E-state index in [2.05, 4.69) is 27.5 Å². The predicted molar refractivity (Wildman–Crippen MR) is 129 cm³/mol. The number of carbonyl (C=O) groups excluding carboxylic acids is 1. The van der Waals surface area contributed by atoms with Crippen molar-refractivity contribution in [2.45, 2.75) is 19.4 Å². The molecule has 0 spiro atoms. The van der Waals surface area contributed by atoms with Crippen LogP contribution in [-0.4, -0.2) is 64.5 Å². The van der Waals surface area contributed by atoms with Gasteiger partial charge in [-0.2, -0.15) is 0 Å². The maximum atomic E-state index is 13.4. The van der Waals surface area contributed by atoms with Crippen LogP contribution in [0.1, 0.15) is 18.7 Å². The summed E-state index contributed by atoms with van der Waals surface area (Å²) in [6.07, 6.45) is 1.77. The Hall–Kier alpha value is -2.64. The molecular formula is C25H29ClFN5O. The van der Waals surface area contributed by atoms with Gasteiger partial charge in [-0.1, -0.05) is 23.7 Å². The van der Waals surface area contributed by atoms with Crippen molar-refractivity contribution in [3.63, 3.8) is 0 Å². The molecule has 2 aliphatic heterocycles. The molecule has 5 rings (SSSR count). The van der Waals surface area contributed by atoms with Gasteiger partial charge in [0.2, 0.25) is 5.91 Å². The van der Waals surface area contributed by atoms with Crippen molar-refractivity contribution >= 4 is 34.2 Å². The molecule has 3 heterocycles. The largest absolute Gasteiger partial charge is 0.368 e. The third-order valence-electron chi connectivity index (χ3n) is 7.04. The Morgan fingerprint density at radius 1 is 1.06 bits per heavy atom. The maximum absolute atomic E-state index is 13.4. The highest BCUT2D eigenvalue weighted by molar-refractivity contribution is 6.31. The van der Waals surface area contributed by atoms with Crippen LogP contribution in [0.5, 0.6) is 0 Å². The van der Waals surface area contributed by atoms with Crippen molar-refractivity contribution < 1.29 is 9.18 Å². The summed E-state index contributed by atoms with van der Waals surface area (Å²) in [6, 6.07) is 13.0. The van der Waals surface area contributed by atoms with Gasteiger partial charge < -0.3 is 14.4 Å². The Balaban J connectivity index is 1.12. The monoisotopic (exact) mass is 469 g/mol. The summed E-state index contributed by atoms with van der Waals surface area (Å²) in [6.45, 7) is 5.48. The molecule has 6 nitrogen and oxygen atoms in total. The molecule has 0 bridgehead atoms. The van der Waals surface area contributed by atoms with Crippen LogP contribution in [0.15, 0.2) is 42.5 Å². The van der Waals surface area contributed by atoms with Crippen LogP contribution in [0.4, 0.5) is 10.1 Å². The fourth-order valence-electron chi connectivity index (χ4n) is 5.00. The molecule has 2 aromatic carbocycles. The molecule has 174 valence electrons. The van der Waals surface area contributed by atoms with Gasteiger partial charge in [-0.25, -0.2) is 9.37 Å². The molecule has 0 atom stereocenters. The van der Waals surface area contributed by atoms with E-state index < -0.39 is 5.82 Å². The second-order valence-corrected chi connectivity index (χ2v) is 9.44. The Morgan fingerprint density at radius 3 is 2.48 bits per heavy atom. The quantitative estimate of drug-likeness (QED) is 0.581. The van der Waals surface area contributed by atoms with E-state index in [1.54, 1.807) is 12.1 Å². The molecule has 2 aliphatic rings. The molecular weight excluding hydrogens is 441 g/mol. The molecule has 1 aromatic heterocycles. The fraction of sp³-hybridized carbons (Fsp3) is 0.440. The molecule has 8 heteroatoms. The molecule has 0 radical (unpaired) electrons. The first-order valence-electron chi connectivity index (χ1n) is 11.6. The van der Waals surface area contributed by atoms with E-state index in [0.29, 0.717) is 13.1 Å². The Bertz CT molecular complexity index is 1150. The number of rotatable bonds is 4. The van der Waals surface area contributed by atoms with E-state index in [0.717, 1.165) is 68.1 Å². The average molecular weight is 470 g/mol. The molecule has 0 saturated carbocycles. The van der Waals surface area contributed by atoms with E-state index >= 15 is 0 Å². The number of hydrogen-bond acceptors (Lipinski definition) is 4. The minimum absolute atomic E-state index is 0.0912. The molecule has 0 N–H and O–H groups in total. The second-order valence-electron chi connectivity index (χ2n) is 9.04. The second kappa shape index (κ2) is 9.31. The molecule has 0 unspecified atom stereocenters. The molecule has 2 saturated heterocycles. The highest BCUT2D eigenvalue weighted by Crippen LogP contribution is 2.26. The summed E-state index contributed by atoms with van der Waals surface area (Å²) in [5, 5.41) is 0.136. The number of carbonyl (C=O) groups is 1. The van der Waals surface area contributed by atoms with Gasteiger partial charge in [0.05, 0.1) is 22.6 Å². The number of fused-ring (bicyclic) bond motifs is 1. The smallest absolute Gasteiger partial charge is 0.225 e. The minimum atomic E-state index is -0.406. The summed E-state index contributed by atoms with van der Waals surface area (Å²) in [5.41, 5.74) is 3.09. The van der Waals surface area contributed by atoms with E-state index in [-0.39, 0.29) is 16.8 Å². The third-order valence-corrected chi connectivity index (χ3v) is 7.33. The average Bonchev–Trinajstić information content (AvgIpc) is 3.16. The molecule has 0 aliphatic carbocycles. The zero-order chi connectivity index (χ0) is 22.9. The van der Waals surface area contributed by atoms with Crippen LogP contribution in [-0.2, 0) is 18.4 Å². The number of nitrogens with zero attached hydrogens (tertiary/aromatic N) is 5. The first-order chi connectivity index (χ1) is 16.0.